The molecule has 0 aromatic rings. The molecule has 0 heterocycles. The molecule has 0 spiro atoms. The van der Waals surface area contributed by atoms with Gasteiger partial charge in [0.05, 0.1) is 0 Å². The Kier molecular flexibility index (Phi) is 66.3. The Morgan fingerprint density at radius 1 is 1.25 bits per heavy atom. The zero-order chi connectivity index (χ0) is 2.00. The molecule has 0 aliphatic carbocycles. The van der Waals surface area contributed by atoms with Crippen LogP contribution in [0.3, 0.4) is 0 Å². The van der Waals surface area contributed by atoms with Crippen molar-refractivity contribution >= 4 is 54.0 Å². The third-order valence-electron chi connectivity index (χ3n) is 0. The third kappa shape index (κ3) is 8.87. The van der Waals surface area contributed by atoms with E-state index in [-0.39, 0.29) is 77.7 Å². The monoisotopic (exact) mass is 244 g/mol. The van der Waals surface area contributed by atoms with Crippen LogP contribution in [-0.2, 0) is 3.80 Å². The van der Waals surface area contributed by atoms with Gasteiger partial charge in [0.2, 0.25) is 0 Å². The van der Waals surface area contributed by atoms with Gasteiger partial charge in [0.1, 0.15) is 0 Å². The van der Waals surface area contributed by atoms with Crippen LogP contribution in [-0.4, -0.2) is 54.0 Å². The summed E-state index contributed by atoms with van der Waals surface area (Å²) in [6, 6.07) is 0. The summed E-state index contributed by atoms with van der Waals surface area (Å²) in [7, 11) is 0. The van der Waals surface area contributed by atoms with E-state index in [0.29, 0.717) is 16.2 Å². The van der Waals surface area contributed by atoms with Crippen molar-refractivity contribution in [2.24, 2.45) is 0 Å². The first-order valence-corrected chi connectivity index (χ1v) is 0.866. The first-order valence-electron chi connectivity index (χ1n) is 0.289. The van der Waals surface area contributed by atoms with E-state index in [1.54, 1.807) is 0 Å². The zero-order valence-electron chi connectivity index (χ0n) is 1.47. The van der Waals surface area contributed by atoms with E-state index in [4.69, 9.17) is 3.80 Å². The number of rotatable bonds is 0. The molecule has 0 amide bonds. The predicted octanol–water partition coefficient (Wildman–Crippen LogP) is -1.68. The van der Waals surface area contributed by atoms with Gasteiger partial charge in [-0.05, 0) is 0 Å². The van der Waals surface area contributed by atoms with Gasteiger partial charge in [0.25, 0.3) is 0 Å². The van der Waals surface area contributed by atoms with E-state index in [9.17, 15) is 0 Å². The Bertz CT molecular complexity index is 8.00. The van der Waals surface area contributed by atoms with Crippen molar-refractivity contribution in [1.82, 2.24) is 0 Å². The summed E-state index contributed by atoms with van der Waals surface area (Å²) in [5.74, 6) is 0. The van der Waals surface area contributed by atoms with Crippen LogP contribution in [0.25, 0.3) is 0 Å². The quantitative estimate of drug-likeness (QED) is 0.464. The van der Waals surface area contributed by atoms with E-state index in [1.807, 2.05) is 0 Å². The summed E-state index contributed by atoms with van der Waals surface area (Å²) in [5, 5.41) is 0. The van der Waals surface area contributed by atoms with E-state index in [0.717, 1.165) is 0 Å². The fraction of sp³-hybridized carbons (Fsp3) is 0. The maximum absolute atomic E-state index is 8.28. The van der Waals surface area contributed by atoms with Gasteiger partial charge in [-0.1, -0.05) is 0 Å². The van der Waals surface area contributed by atoms with Crippen LogP contribution in [0.4, 0.5) is 0 Å². The van der Waals surface area contributed by atoms with Gasteiger partial charge in [0.15, 0.2) is 0 Å². The van der Waals surface area contributed by atoms with Crippen molar-refractivity contribution in [1.29, 1.82) is 0 Å². The zero-order valence-corrected chi connectivity index (χ0v) is 5.15. The van der Waals surface area contributed by atoms with Crippen LogP contribution in [0.15, 0.2) is 0 Å². The third-order valence-corrected chi connectivity index (χ3v) is 0. The minimum atomic E-state index is 0. The molecular weight excluding hydrogens is 240 g/mol. The van der Waals surface area contributed by atoms with Crippen molar-refractivity contribution in [3.05, 3.63) is 0 Å². The molecular formula is H3AlCaGdO. The molecule has 0 aliphatic rings. The van der Waals surface area contributed by atoms with Crippen molar-refractivity contribution < 1.29 is 43.7 Å². The number of hydrogen-bond donors (Lipinski definition) is 0. The molecule has 0 unspecified atom stereocenters. The molecule has 1 nitrogen and oxygen atoms in total. The second-order valence-electron chi connectivity index (χ2n) is 0. The molecule has 0 fully saturated rings. The second-order valence-corrected chi connectivity index (χ2v) is 0. The van der Waals surface area contributed by atoms with Crippen LogP contribution in [0, 0.1) is 39.9 Å². The van der Waals surface area contributed by atoms with Crippen LogP contribution in [0.5, 0.6) is 0 Å². The predicted molar refractivity (Wildman–Crippen MR) is 16.4 cm³/mol. The second kappa shape index (κ2) is 16.8. The van der Waals surface area contributed by atoms with Crippen molar-refractivity contribution in [2.75, 3.05) is 0 Å². The first kappa shape index (κ1) is 15.8. The van der Waals surface area contributed by atoms with E-state index < -0.39 is 0 Å². The van der Waals surface area contributed by atoms with Crippen molar-refractivity contribution in [2.45, 2.75) is 0 Å². The standard InChI is InChI=1S/Al.Ca.Gd.O.3H. The molecule has 22 valence electrons. The van der Waals surface area contributed by atoms with Crippen LogP contribution < -0.4 is 0 Å². The van der Waals surface area contributed by atoms with Crippen LogP contribution >= 0.6 is 0 Å². The Morgan fingerprint density at radius 3 is 1.25 bits per heavy atom. The Labute approximate surface area is 95.2 Å². The van der Waals surface area contributed by atoms with Crippen LogP contribution in [0.2, 0.25) is 0 Å². The molecule has 0 radical (unpaired) electrons. The SMILES string of the molecule is [CaH2].[Gd].[O]=[AlH]. The Hall–Kier alpha value is 2.92. The molecule has 0 saturated carbocycles. The molecule has 0 atom stereocenters. The first-order chi connectivity index (χ1) is 1.00. The molecule has 0 bridgehead atoms. The topological polar surface area (TPSA) is 17.1 Å². The molecule has 0 aromatic carbocycles. The summed E-state index contributed by atoms with van der Waals surface area (Å²) < 4.78 is 8.28. The van der Waals surface area contributed by atoms with E-state index >= 15 is 0 Å². The summed E-state index contributed by atoms with van der Waals surface area (Å²) >= 11 is 0.611. The van der Waals surface area contributed by atoms with Gasteiger partial charge in [0, 0.05) is 39.9 Å². The fourth-order valence-corrected chi connectivity index (χ4v) is 0. The maximum atomic E-state index is 8.28. The van der Waals surface area contributed by atoms with Crippen LogP contribution in [0.1, 0.15) is 0 Å². The van der Waals surface area contributed by atoms with Gasteiger partial charge in [-0.25, -0.2) is 0 Å². The van der Waals surface area contributed by atoms with Crippen molar-refractivity contribution in [3.8, 4) is 0 Å². The summed E-state index contributed by atoms with van der Waals surface area (Å²) in [5.41, 5.74) is 0. The molecule has 4 heavy (non-hydrogen) atoms. The van der Waals surface area contributed by atoms with Gasteiger partial charge >= 0.3 is 57.8 Å². The molecule has 0 aliphatic heterocycles. The molecule has 0 rings (SSSR count). The molecule has 0 N–H and O–H groups in total. The fourth-order valence-electron chi connectivity index (χ4n) is 0. The van der Waals surface area contributed by atoms with Gasteiger partial charge in [-0.15, -0.1) is 0 Å². The minimum absolute atomic E-state index is 0. The molecule has 4 heteroatoms. The van der Waals surface area contributed by atoms with Gasteiger partial charge < -0.3 is 0 Å². The average Bonchev–Trinajstić information content (AvgIpc) is 1.00. The Balaban J connectivity index is -0.00000000500. The average molecular weight is 243 g/mol. The molecule has 0 aromatic heterocycles. The van der Waals surface area contributed by atoms with Gasteiger partial charge in [-0.2, -0.15) is 0 Å². The number of hydrogen-bond acceptors (Lipinski definition) is 1. The summed E-state index contributed by atoms with van der Waals surface area (Å²) in [6.07, 6.45) is 0. The summed E-state index contributed by atoms with van der Waals surface area (Å²) in [6.45, 7) is 0. The Morgan fingerprint density at radius 2 is 1.25 bits per heavy atom. The van der Waals surface area contributed by atoms with Gasteiger partial charge in [-0.3, -0.25) is 0 Å². The van der Waals surface area contributed by atoms with E-state index in [1.165, 1.54) is 0 Å². The van der Waals surface area contributed by atoms with Crippen molar-refractivity contribution in [3.63, 3.8) is 0 Å². The molecule has 0 saturated heterocycles. The normalized spacial score (nSPS) is 0.750. The summed E-state index contributed by atoms with van der Waals surface area (Å²) in [4.78, 5) is 0. The van der Waals surface area contributed by atoms with E-state index in [2.05, 4.69) is 0 Å².